The molecule has 3 rings (SSSR count). The van der Waals surface area contributed by atoms with Crippen molar-refractivity contribution in [1.29, 1.82) is 0 Å². The van der Waals surface area contributed by atoms with Crippen LogP contribution >= 0.6 is 11.6 Å². The summed E-state index contributed by atoms with van der Waals surface area (Å²) in [7, 11) is 0. The lowest BCUT2D eigenvalue weighted by Gasteiger charge is -2.22. The number of nitrogens with one attached hydrogen (secondary N) is 1. The van der Waals surface area contributed by atoms with Gasteiger partial charge >= 0.3 is 0 Å². The van der Waals surface area contributed by atoms with Gasteiger partial charge in [-0.1, -0.05) is 25.4 Å². The third-order valence-corrected chi connectivity index (χ3v) is 4.76. The van der Waals surface area contributed by atoms with Crippen LogP contribution in [-0.4, -0.2) is 19.1 Å². The molecule has 0 aromatic heterocycles. The third-order valence-electron chi connectivity index (χ3n) is 4.53. The SMILES string of the molecule is CC1CN(c2ccc(Cl)cc2CNC2CC2)CC1C. The second-order valence-electron chi connectivity index (χ2n) is 6.29. The normalized spacial score (nSPS) is 27.0. The molecule has 0 bridgehead atoms. The van der Waals surface area contributed by atoms with Crippen molar-refractivity contribution in [2.45, 2.75) is 39.3 Å². The van der Waals surface area contributed by atoms with Gasteiger partial charge in [-0.2, -0.15) is 0 Å². The Kier molecular flexibility index (Phi) is 3.72. The van der Waals surface area contributed by atoms with Crippen LogP contribution in [0.2, 0.25) is 5.02 Å². The molecule has 2 fully saturated rings. The van der Waals surface area contributed by atoms with Crippen LogP contribution < -0.4 is 10.2 Å². The maximum atomic E-state index is 6.17. The molecule has 19 heavy (non-hydrogen) atoms. The first-order chi connectivity index (χ1) is 9.13. The molecule has 1 aromatic carbocycles. The Morgan fingerprint density at radius 3 is 2.53 bits per heavy atom. The van der Waals surface area contributed by atoms with Crippen molar-refractivity contribution >= 4 is 17.3 Å². The molecule has 1 aromatic rings. The van der Waals surface area contributed by atoms with E-state index < -0.39 is 0 Å². The highest BCUT2D eigenvalue weighted by atomic mass is 35.5. The fraction of sp³-hybridized carbons (Fsp3) is 0.625. The van der Waals surface area contributed by atoms with Crippen LogP contribution in [-0.2, 0) is 6.54 Å². The van der Waals surface area contributed by atoms with Crippen molar-refractivity contribution in [1.82, 2.24) is 5.32 Å². The highest BCUT2D eigenvalue weighted by Gasteiger charge is 2.28. The van der Waals surface area contributed by atoms with Gasteiger partial charge in [-0.25, -0.2) is 0 Å². The first-order valence-electron chi connectivity index (χ1n) is 7.40. The number of hydrogen-bond acceptors (Lipinski definition) is 2. The topological polar surface area (TPSA) is 15.3 Å². The van der Waals surface area contributed by atoms with Crippen LogP contribution in [0, 0.1) is 11.8 Å². The van der Waals surface area contributed by atoms with E-state index in [-0.39, 0.29) is 0 Å². The fourth-order valence-electron chi connectivity index (χ4n) is 2.87. The zero-order chi connectivity index (χ0) is 13.4. The molecule has 2 nitrogen and oxygen atoms in total. The minimum absolute atomic E-state index is 0.739. The minimum Gasteiger partial charge on any atom is -0.371 e. The van der Waals surface area contributed by atoms with E-state index in [2.05, 4.69) is 36.2 Å². The molecule has 2 atom stereocenters. The summed E-state index contributed by atoms with van der Waals surface area (Å²) in [5.41, 5.74) is 2.72. The zero-order valence-electron chi connectivity index (χ0n) is 11.8. The van der Waals surface area contributed by atoms with E-state index >= 15 is 0 Å². The lowest BCUT2D eigenvalue weighted by atomic mass is 10.0. The Bertz CT molecular complexity index is 446. The molecule has 1 saturated heterocycles. The second kappa shape index (κ2) is 5.34. The number of hydrogen-bond donors (Lipinski definition) is 1. The van der Waals surface area contributed by atoms with Crippen molar-refractivity contribution in [2.24, 2.45) is 11.8 Å². The Morgan fingerprint density at radius 1 is 1.21 bits per heavy atom. The molecular weight excluding hydrogens is 256 g/mol. The average Bonchev–Trinajstić information content (AvgIpc) is 3.14. The standard InChI is InChI=1S/C16H23ClN2/c1-11-9-19(10-12(11)2)16-6-3-14(17)7-13(16)8-18-15-4-5-15/h3,6-7,11-12,15,18H,4-5,8-10H2,1-2H3. The Balaban J connectivity index is 1.78. The van der Waals surface area contributed by atoms with Crippen LogP contribution in [0.15, 0.2) is 18.2 Å². The van der Waals surface area contributed by atoms with Crippen LogP contribution in [0.1, 0.15) is 32.3 Å². The summed E-state index contributed by atoms with van der Waals surface area (Å²) >= 11 is 6.17. The summed E-state index contributed by atoms with van der Waals surface area (Å²) < 4.78 is 0. The summed E-state index contributed by atoms with van der Waals surface area (Å²) in [6, 6.07) is 7.07. The minimum atomic E-state index is 0.739. The van der Waals surface area contributed by atoms with Gasteiger partial charge in [0.1, 0.15) is 0 Å². The predicted octanol–water partition coefficient (Wildman–Crippen LogP) is 3.68. The van der Waals surface area contributed by atoms with Crippen molar-refractivity contribution in [3.8, 4) is 0 Å². The highest BCUT2D eigenvalue weighted by Crippen LogP contribution is 2.32. The number of rotatable bonds is 4. The summed E-state index contributed by atoms with van der Waals surface area (Å²) in [5.74, 6) is 1.56. The van der Waals surface area contributed by atoms with Gasteiger partial charge in [0, 0.05) is 36.4 Å². The van der Waals surface area contributed by atoms with E-state index in [9.17, 15) is 0 Å². The van der Waals surface area contributed by atoms with E-state index in [1.165, 1.54) is 37.2 Å². The van der Waals surface area contributed by atoms with Crippen LogP contribution in [0.5, 0.6) is 0 Å². The lowest BCUT2D eigenvalue weighted by molar-refractivity contribution is 0.494. The van der Waals surface area contributed by atoms with Crippen LogP contribution in [0.3, 0.4) is 0 Å². The number of anilines is 1. The maximum Gasteiger partial charge on any atom is 0.0413 e. The Labute approximate surface area is 121 Å². The molecule has 0 amide bonds. The van der Waals surface area contributed by atoms with Gasteiger partial charge in [-0.3, -0.25) is 0 Å². The molecule has 104 valence electrons. The summed E-state index contributed by atoms with van der Waals surface area (Å²) in [5, 5.41) is 4.45. The van der Waals surface area contributed by atoms with E-state index in [0.717, 1.165) is 29.4 Å². The number of nitrogens with zero attached hydrogens (tertiary/aromatic N) is 1. The smallest absolute Gasteiger partial charge is 0.0413 e. The molecule has 1 aliphatic carbocycles. The van der Waals surface area contributed by atoms with Crippen molar-refractivity contribution in [3.63, 3.8) is 0 Å². The third kappa shape index (κ3) is 3.06. The molecule has 1 heterocycles. The highest BCUT2D eigenvalue weighted by molar-refractivity contribution is 6.30. The van der Waals surface area contributed by atoms with E-state index in [1.807, 2.05) is 6.07 Å². The van der Waals surface area contributed by atoms with Gasteiger partial charge in [-0.05, 0) is 48.4 Å². The van der Waals surface area contributed by atoms with Crippen molar-refractivity contribution in [2.75, 3.05) is 18.0 Å². The van der Waals surface area contributed by atoms with Gasteiger partial charge in [0.05, 0.1) is 0 Å². The first kappa shape index (κ1) is 13.3. The van der Waals surface area contributed by atoms with Crippen molar-refractivity contribution in [3.05, 3.63) is 28.8 Å². The second-order valence-corrected chi connectivity index (χ2v) is 6.72. The van der Waals surface area contributed by atoms with Gasteiger partial charge in [0.15, 0.2) is 0 Å². The average molecular weight is 279 g/mol. The maximum absolute atomic E-state index is 6.17. The summed E-state index contributed by atoms with van der Waals surface area (Å²) in [6.07, 6.45) is 2.65. The fourth-order valence-corrected chi connectivity index (χ4v) is 3.07. The largest absolute Gasteiger partial charge is 0.371 e. The van der Waals surface area contributed by atoms with Crippen molar-refractivity contribution < 1.29 is 0 Å². The van der Waals surface area contributed by atoms with E-state index in [1.54, 1.807) is 0 Å². The molecule has 1 saturated carbocycles. The van der Waals surface area contributed by atoms with Gasteiger partial charge in [0.2, 0.25) is 0 Å². The zero-order valence-corrected chi connectivity index (χ0v) is 12.6. The van der Waals surface area contributed by atoms with Crippen LogP contribution in [0.4, 0.5) is 5.69 Å². The molecule has 1 aliphatic heterocycles. The summed E-state index contributed by atoms with van der Waals surface area (Å²) in [4.78, 5) is 2.52. The van der Waals surface area contributed by atoms with Gasteiger partial charge < -0.3 is 10.2 Å². The Morgan fingerprint density at radius 2 is 1.89 bits per heavy atom. The molecule has 0 spiro atoms. The molecular formula is C16H23ClN2. The number of benzene rings is 1. The van der Waals surface area contributed by atoms with E-state index in [0.29, 0.717) is 0 Å². The molecule has 1 N–H and O–H groups in total. The monoisotopic (exact) mass is 278 g/mol. The van der Waals surface area contributed by atoms with Crippen LogP contribution in [0.25, 0.3) is 0 Å². The first-order valence-corrected chi connectivity index (χ1v) is 7.78. The van der Waals surface area contributed by atoms with Gasteiger partial charge in [-0.15, -0.1) is 0 Å². The Hall–Kier alpha value is -0.730. The molecule has 2 unspecified atom stereocenters. The summed E-state index contributed by atoms with van der Waals surface area (Å²) in [6.45, 7) is 7.98. The van der Waals surface area contributed by atoms with E-state index in [4.69, 9.17) is 11.6 Å². The molecule has 3 heteroatoms. The quantitative estimate of drug-likeness (QED) is 0.904. The molecule has 2 aliphatic rings. The lowest BCUT2D eigenvalue weighted by Crippen LogP contribution is -2.23. The predicted molar refractivity (Wildman–Crippen MR) is 81.9 cm³/mol. The molecule has 0 radical (unpaired) electrons. The number of halogens is 1. The van der Waals surface area contributed by atoms with Gasteiger partial charge in [0.25, 0.3) is 0 Å².